The Bertz CT molecular complexity index is 1130. The number of benzene rings is 1. The second-order valence-corrected chi connectivity index (χ2v) is 9.97. The summed E-state index contributed by atoms with van der Waals surface area (Å²) in [7, 11) is 0. The number of aryl methyl sites for hydroxylation is 3. The van der Waals surface area contributed by atoms with Crippen LogP contribution in [-0.4, -0.2) is 20.7 Å². The molecule has 5 rings (SSSR count). The van der Waals surface area contributed by atoms with E-state index in [-0.39, 0.29) is 11.6 Å². The van der Waals surface area contributed by atoms with Crippen LogP contribution >= 0.6 is 11.3 Å². The minimum atomic E-state index is -0.457. The van der Waals surface area contributed by atoms with E-state index in [2.05, 4.69) is 49.3 Å². The van der Waals surface area contributed by atoms with E-state index in [1.54, 1.807) is 11.3 Å². The van der Waals surface area contributed by atoms with E-state index in [0.29, 0.717) is 17.1 Å². The van der Waals surface area contributed by atoms with Gasteiger partial charge in [0, 0.05) is 16.6 Å². The van der Waals surface area contributed by atoms with Crippen LogP contribution in [0.5, 0.6) is 0 Å². The van der Waals surface area contributed by atoms with Gasteiger partial charge in [0.25, 0.3) is 5.91 Å². The summed E-state index contributed by atoms with van der Waals surface area (Å²) in [5, 5.41) is 9.44. The Hall–Kier alpha value is -2.67. The Labute approximate surface area is 174 Å². The van der Waals surface area contributed by atoms with E-state index < -0.39 is 5.91 Å². The van der Waals surface area contributed by atoms with E-state index in [0.717, 1.165) is 29.8 Å². The number of hydrogen-bond donors (Lipinski definition) is 2. The third kappa shape index (κ3) is 2.95. The van der Waals surface area contributed by atoms with Crippen LogP contribution in [0.3, 0.4) is 0 Å². The summed E-state index contributed by atoms with van der Waals surface area (Å²) >= 11 is 1.68. The lowest BCUT2D eigenvalue weighted by molar-refractivity contribution is 0.100. The minimum Gasteiger partial charge on any atom is -0.365 e. The van der Waals surface area contributed by atoms with Crippen LogP contribution in [0.2, 0.25) is 0 Å². The molecule has 0 radical (unpaired) electrons. The first-order valence-electron chi connectivity index (χ1n) is 10.1. The molecule has 0 saturated carbocycles. The van der Waals surface area contributed by atoms with Gasteiger partial charge in [0.15, 0.2) is 0 Å². The van der Waals surface area contributed by atoms with E-state index in [9.17, 15) is 4.79 Å². The molecule has 0 bridgehead atoms. The Morgan fingerprint density at radius 2 is 2.10 bits per heavy atom. The molecule has 1 atom stereocenters. The van der Waals surface area contributed by atoms with Gasteiger partial charge in [-0.3, -0.25) is 4.79 Å². The number of hydrogen-bond acceptors (Lipinski definition) is 5. The fraction of sp³-hybridized carbons (Fsp3) is 0.409. The molecule has 0 spiro atoms. The summed E-state index contributed by atoms with van der Waals surface area (Å²) in [4.78, 5) is 18.3. The molecule has 0 saturated heterocycles. The molecule has 1 amide bonds. The van der Waals surface area contributed by atoms with Crippen LogP contribution in [0, 0.1) is 6.92 Å². The number of amides is 1. The van der Waals surface area contributed by atoms with Gasteiger partial charge in [0.2, 0.25) is 0 Å². The summed E-state index contributed by atoms with van der Waals surface area (Å²) in [5.74, 6) is 0.239. The van der Waals surface area contributed by atoms with Crippen molar-refractivity contribution in [2.45, 2.75) is 58.0 Å². The van der Waals surface area contributed by atoms with Crippen LogP contribution in [0.4, 0.5) is 5.82 Å². The van der Waals surface area contributed by atoms with Crippen molar-refractivity contribution < 1.29 is 4.79 Å². The number of nitrogens with two attached hydrogens (primary N) is 1. The number of rotatable bonds is 3. The van der Waals surface area contributed by atoms with E-state index in [4.69, 9.17) is 10.8 Å². The monoisotopic (exact) mass is 407 g/mol. The van der Waals surface area contributed by atoms with Crippen molar-refractivity contribution in [2.75, 3.05) is 5.32 Å². The number of carbonyl (C=O) groups is 1. The molecule has 1 aliphatic carbocycles. The van der Waals surface area contributed by atoms with Gasteiger partial charge in [-0.05, 0) is 63.6 Å². The number of anilines is 1. The van der Waals surface area contributed by atoms with Crippen LogP contribution in [-0.2, 0) is 18.4 Å². The van der Waals surface area contributed by atoms with E-state index in [1.807, 2.05) is 10.9 Å². The number of carbonyl (C=O) groups excluding carboxylic acids is 1. The molecule has 3 heterocycles. The molecule has 3 N–H and O–H groups in total. The lowest BCUT2D eigenvalue weighted by atomic mass is 9.92. The minimum absolute atomic E-state index is 0.0267. The van der Waals surface area contributed by atoms with Gasteiger partial charge >= 0.3 is 0 Å². The van der Waals surface area contributed by atoms with Crippen molar-refractivity contribution in [2.24, 2.45) is 5.73 Å². The van der Waals surface area contributed by atoms with Crippen molar-refractivity contribution in [3.63, 3.8) is 0 Å². The molecule has 1 aliphatic heterocycles. The molecular formula is C22H25N5OS. The van der Waals surface area contributed by atoms with Crippen molar-refractivity contribution in [3.05, 3.63) is 51.0 Å². The smallest absolute Gasteiger partial charge is 0.254 e. The van der Waals surface area contributed by atoms with Crippen molar-refractivity contribution in [1.29, 1.82) is 0 Å². The SMILES string of the molecule is Cc1cnc(C2CC(C)(C)n3nc(-c4ccc5c(c4)CCC5)c(C(N)=O)c3N2)s1. The maximum atomic E-state index is 12.5. The largest absolute Gasteiger partial charge is 0.365 e. The summed E-state index contributed by atoms with van der Waals surface area (Å²) in [6.45, 7) is 6.35. The van der Waals surface area contributed by atoms with E-state index in [1.165, 1.54) is 22.4 Å². The van der Waals surface area contributed by atoms with Crippen molar-refractivity contribution >= 4 is 23.1 Å². The quantitative estimate of drug-likeness (QED) is 0.681. The first kappa shape index (κ1) is 18.4. The Morgan fingerprint density at radius 3 is 2.83 bits per heavy atom. The standard InChI is InChI=1S/C22H25N5OS/c1-12-11-24-21(29-12)16-10-22(2,3)27-20(25-16)17(19(23)28)18(26-27)15-8-7-13-5-4-6-14(13)9-15/h7-9,11,16,25H,4-6,10H2,1-3H3,(H2,23,28). The second-order valence-electron chi connectivity index (χ2n) is 8.71. The van der Waals surface area contributed by atoms with Crippen LogP contribution in [0.15, 0.2) is 24.4 Å². The normalized spacial score (nSPS) is 19.5. The van der Waals surface area contributed by atoms with Gasteiger partial charge in [-0.25, -0.2) is 9.67 Å². The highest BCUT2D eigenvalue weighted by Crippen LogP contribution is 2.43. The van der Waals surface area contributed by atoms with Gasteiger partial charge in [0.1, 0.15) is 22.1 Å². The molecule has 1 unspecified atom stereocenters. The third-order valence-corrected chi connectivity index (χ3v) is 7.06. The zero-order chi connectivity index (χ0) is 20.3. The summed E-state index contributed by atoms with van der Waals surface area (Å²) in [5.41, 5.74) is 10.4. The van der Waals surface area contributed by atoms with Crippen LogP contribution in [0.1, 0.15) is 64.1 Å². The van der Waals surface area contributed by atoms with E-state index >= 15 is 0 Å². The van der Waals surface area contributed by atoms with Crippen molar-refractivity contribution in [3.8, 4) is 11.3 Å². The first-order chi connectivity index (χ1) is 13.8. The van der Waals surface area contributed by atoms with Crippen LogP contribution in [0.25, 0.3) is 11.3 Å². The highest BCUT2D eigenvalue weighted by molar-refractivity contribution is 7.11. The molecule has 0 fully saturated rings. The van der Waals surface area contributed by atoms with Crippen LogP contribution < -0.4 is 11.1 Å². The predicted molar refractivity (Wildman–Crippen MR) is 115 cm³/mol. The summed E-state index contributed by atoms with van der Waals surface area (Å²) in [6.07, 6.45) is 6.12. The Morgan fingerprint density at radius 1 is 1.31 bits per heavy atom. The average molecular weight is 408 g/mol. The number of primary amides is 1. The first-order valence-corrected chi connectivity index (χ1v) is 10.9. The lowest BCUT2D eigenvalue weighted by Gasteiger charge is -2.37. The molecule has 2 aromatic heterocycles. The molecule has 3 aromatic rings. The zero-order valence-electron chi connectivity index (χ0n) is 17.0. The second kappa shape index (κ2) is 6.42. The summed E-state index contributed by atoms with van der Waals surface area (Å²) < 4.78 is 1.94. The number of aromatic nitrogens is 3. The molecule has 6 nitrogen and oxygen atoms in total. The zero-order valence-corrected chi connectivity index (χ0v) is 17.8. The predicted octanol–water partition coefficient (Wildman–Crippen LogP) is 4.19. The Balaban J connectivity index is 1.65. The molecule has 1 aromatic carbocycles. The molecule has 7 heteroatoms. The number of fused-ring (bicyclic) bond motifs is 2. The number of thiazole rings is 1. The molecule has 2 aliphatic rings. The third-order valence-electron chi connectivity index (χ3n) is 6.03. The number of nitrogens with one attached hydrogen (secondary N) is 1. The Kier molecular flexibility index (Phi) is 4.07. The lowest BCUT2D eigenvalue weighted by Crippen LogP contribution is -2.38. The molecular weight excluding hydrogens is 382 g/mol. The fourth-order valence-corrected chi connectivity index (χ4v) is 5.45. The average Bonchev–Trinajstić information content (AvgIpc) is 3.37. The highest BCUT2D eigenvalue weighted by Gasteiger charge is 2.39. The van der Waals surface area contributed by atoms with Gasteiger partial charge in [-0.1, -0.05) is 12.1 Å². The van der Waals surface area contributed by atoms with Gasteiger partial charge < -0.3 is 11.1 Å². The number of nitrogens with zero attached hydrogens (tertiary/aromatic N) is 3. The maximum Gasteiger partial charge on any atom is 0.254 e. The van der Waals surface area contributed by atoms with Gasteiger partial charge in [-0.2, -0.15) is 5.10 Å². The molecule has 150 valence electrons. The fourth-order valence-electron chi connectivity index (χ4n) is 4.63. The topological polar surface area (TPSA) is 85.8 Å². The molecule has 29 heavy (non-hydrogen) atoms. The van der Waals surface area contributed by atoms with Crippen molar-refractivity contribution in [1.82, 2.24) is 14.8 Å². The summed E-state index contributed by atoms with van der Waals surface area (Å²) in [6, 6.07) is 6.44. The van der Waals surface area contributed by atoms with Gasteiger partial charge in [0.05, 0.1) is 11.6 Å². The highest BCUT2D eigenvalue weighted by atomic mass is 32.1. The maximum absolute atomic E-state index is 12.5. The van der Waals surface area contributed by atoms with Gasteiger partial charge in [-0.15, -0.1) is 11.3 Å².